The smallest absolute Gasteiger partial charge is 0.186 e. The van der Waals surface area contributed by atoms with Crippen molar-refractivity contribution in [3.8, 4) is 0 Å². The third-order valence-corrected chi connectivity index (χ3v) is 2.59. The van der Waals surface area contributed by atoms with Gasteiger partial charge in [0.2, 0.25) is 0 Å². The molecule has 0 bridgehead atoms. The maximum Gasteiger partial charge on any atom is 0.186 e. The minimum atomic E-state index is -0.00102. The molecule has 0 saturated heterocycles. The van der Waals surface area contributed by atoms with E-state index in [0.29, 0.717) is 5.76 Å². The SMILES string of the molecule is Cc1ccc(C(=O)/C=C/c2ccco2)c(C)c1. The van der Waals surface area contributed by atoms with Crippen molar-refractivity contribution < 1.29 is 9.21 Å². The van der Waals surface area contributed by atoms with Crippen molar-refractivity contribution in [3.05, 3.63) is 65.1 Å². The van der Waals surface area contributed by atoms with Gasteiger partial charge in [-0.2, -0.15) is 0 Å². The van der Waals surface area contributed by atoms with E-state index in [2.05, 4.69) is 0 Å². The van der Waals surface area contributed by atoms with Crippen LogP contribution >= 0.6 is 0 Å². The van der Waals surface area contributed by atoms with E-state index in [1.54, 1.807) is 18.4 Å². The lowest BCUT2D eigenvalue weighted by Crippen LogP contribution is -1.97. The molecule has 2 nitrogen and oxygen atoms in total. The Morgan fingerprint density at radius 3 is 2.71 bits per heavy atom. The Kier molecular flexibility index (Phi) is 3.24. The van der Waals surface area contributed by atoms with Gasteiger partial charge in [0.15, 0.2) is 5.78 Å². The van der Waals surface area contributed by atoms with E-state index in [1.165, 1.54) is 6.08 Å². The summed E-state index contributed by atoms with van der Waals surface area (Å²) in [7, 11) is 0. The summed E-state index contributed by atoms with van der Waals surface area (Å²) in [5.74, 6) is 0.682. The van der Waals surface area contributed by atoms with Crippen LogP contribution in [-0.2, 0) is 0 Å². The molecule has 0 spiro atoms. The summed E-state index contributed by atoms with van der Waals surface area (Å²) in [5, 5.41) is 0. The lowest BCUT2D eigenvalue weighted by molar-refractivity contribution is 0.104. The van der Waals surface area contributed by atoms with Crippen molar-refractivity contribution in [2.75, 3.05) is 0 Å². The quantitative estimate of drug-likeness (QED) is 0.588. The molecule has 1 heterocycles. The topological polar surface area (TPSA) is 30.2 Å². The Morgan fingerprint density at radius 1 is 1.24 bits per heavy atom. The number of hydrogen-bond donors (Lipinski definition) is 0. The molecule has 0 aliphatic rings. The van der Waals surface area contributed by atoms with Gasteiger partial charge in [0.1, 0.15) is 5.76 Å². The first-order valence-electron chi connectivity index (χ1n) is 5.50. The Hall–Kier alpha value is -2.09. The normalized spacial score (nSPS) is 10.9. The van der Waals surface area contributed by atoms with Gasteiger partial charge in [0.05, 0.1) is 6.26 Å². The average Bonchev–Trinajstić information content (AvgIpc) is 2.78. The molecule has 0 N–H and O–H groups in total. The maximum absolute atomic E-state index is 11.9. The fourth-order valence-electron chi connectivity index (χ4n) is 1.72. The van der Waals surface area contributed by atoms with Crippen LogP contribution in [-0.4, -0.2) is 5.78 Å². The molecule has 0 unspecified atom stereocenters. The Balaban J connectivity index is 2.20. The summed E-state index contributed by atoms with van der Waals surface area (Å²) in [6, 6.07) is 9.42. The van der Waals surface area contributed by atoms with Gasteiger partial charge in [-0.05, 0) is 43.7 Å². The average molecular weight is 226 g/mol. The first-order valence-corrected chi connectivity index (χ1v) is 5.50. The summed E-state index contributed by atoms with van der Waals surface area (Å²) in [6.07, 6.45) is 4.80. The molecule has 17 heavy (non-hydrogen) atoms. The van der Waals surface area contributed by atoms with Crippen LogP contribution in [0.5, 0.6) is 0 Å². The number of carbonyl (C=O) groups excluding carboxylic acids is 1. The van der Waals surface area contributed by atoms with Crippen LogP contribution in [0, 0.1) is 13.8 Å². The van der Waals surface area contributed by atoms with E-state index in [-0.39, 0.29) is 5.78 Å². The molecule has 1 aromatic heterocycles. The minimum absolute atomic E-state index is 0.00102. The number of furan rings is 1. The van der Waals surface area contributed by atoms with Crippen molar-refractivity contribution >= 4 is 11.9 Å². The fourth-order valence-corrected chi connectivity index (χ4v) is 1.72. The van der Waals surface area contributed by atoms with Crippen molar-refractivity contribution in [1.82, 2.24) is 0 Å². The van der Waals surface area contributed by atoms with E-state index >= 15 is 0 Å². The van der Waals surface area contributed by atoms with Crippen LogP contribution in [0.2, 0.25) is 0 Å². The first kappa shape index (κ1) is 11.4. The zero-order valence-corrected chi connectivity index (χ0v) is 9.94. The Labute approximate surface area is 101 Å². The molecular formula is C15H14O2. The molecule has 2 rings (SSSR count). The fraction of sp³-hybridized carbons (Fsp3) is 0.133. The summed E-state index contributed by atoms with van der Waals surface area (Å²) in [4.78, 5) is 11.9. The zero-order valence-electron chi connectivity index (χ0n) is 9.94. The van der Waals surface area contributed by atoms with Crippen molar-refractivity contribution in [2.24, 2.45) is 0 Å². The summed E-state index contributed by atoms with van der Waals surface area (Å²) in [5.41, 5.74) is 2.89. The van der Waals surface area contributed by atoms with Gasteiger partial charge in [0, 0.05) is 5.56 Å². The molecule has 86 valence electrons. The lowest BCUT2D eigenvalue weighted by Gasteiger charge is -2.02. The molecule has 1 aromatic carbocycles. The number of benzene rings is 1. The maximum atomic E-state index is 11.9. The highest BCUT2D eigenvalue weighted by atomic mass is 16.3. The highest BCUT2D eigenvalue weighted by Crippen LogP contribution is 2.12. The van der Waals surface area contributed by atoms with Crippen LogP contribution in [0.3, 0.4) is 0 Å². The van der Waals surface area contributed by atoms with Crippen molar-refractivity contribution in [2.45, 2.75) is 13.8 Å². The summed E-state index contributed by atoms with van der Waals surface area (Å²) in [6.45, 7) is 3.96. The highest BCUT2D eigenvalue weighted by molar-refractivity contribution is 6.07. The molecule has 2 aromatic rings. The van der Waals surface area contributed by atoms with Gasteiger partial charge in [0.25, 0.3) is 0 Å². The number of hydrogen-bond acceptors (Lipinski definition) is 2. The Bertz CT molecular complexity index is 548. The second-order valence-corrected chi connectivity index (χ2v) is 4.03. The number of ketones is 1. The summed E-state index contributed by atoms with van der Waals surface area (Å²) < 4.78 is 5.13. The number of rotatable bonds is 3. The van der Waals surface area contributed by atoms with Gasteiger partial charge in [-0.25, -0.2) is 0 Å². The van der Waals surface area contributed by atoms with E-state index in [4.69, 9.17) is 4.42 Å². The predicted octanol–water partition coefficient (Wildman–Crippen LogP) is 3.79. The van der Waals surface area contributed by atoms with E-state index in [1.807, 2.05) is 38.1 Å². The van der Waals surface area contributed by atoms with Crippen LogP contribution in [0.1, 0.15) is 27.2 Å². The third kappa shape index (κ3) is 2.72. The lowest BCUT2D eigenvalue weighted by atomic mass is 10.0. The van der Waals surface area contributed by atoms with Gasteiger partial charge in [-0.3, -0.25) is 4.79 Å². The number of aryl methyl sites for hydroxylation is 2. The molecule has 0 radical (unpaired) electrons. The monoisotopic (exact) mass is 226 g/mol. The van der Waals surface area contributed by atoms with Crippen LogP contribution in [0.4, 0.5) is 0 Å². The Morgan fingerprint density at radius 2 is 2.06 bits per heavy atom. The van der Waals surface area contributed by atoms with Crippen molar-refractivity contribution in [1.29, 1.82) is 0 Å². The molecule has 0 aliphatic heterocycles. The number of carbonyl (C=O) groups is 1. The van der Waals surface area contributed by atoms with Gasteiger partial charge in [-0.1, -0.05) is 23.8 Å². The molecule has 2 heteroatoms. The van der Waals surface area contributed by atoms with Gasteiger partial charge in [-0.15, -0.1) is 0 Å². The standard InChI is InChI=1S/C15H14O2/c1-11-5-7-14(12(2)10-11)15(16)8-6-13-4-3-9-17-13/h3-10H,1-2H3/b8-6+. The third-order valence-electron chi connectivity index (χ3n) is 2.59. The molecular weight excluding hydrogens is 212 g/mol. The second kappa shape index (κ2) is 4.83. The second-order valence-electron chi connectivity index (χ2n) is 4.03. The molecule has 0 fully saturated rings. The van der Waals surface area contributed by atoms with Gasteiger partial charge < -0.3 is 4.42 Å². The molecule has 0 atom stereocenters. The van der Waals surface area contributed by atoms with E-state index < -0.39 is 0 Å². The highest BCUT2D eigenvalue weighted by Gasteiger charge is 2.05. The number of allylic oxidation sites excluding steroid dienone is 1. The predicted molar refractivity (Wildman–Crippen MR) is 68.0 cm³/mol. The van der Waals surface area contributed by atoms with Crippen molar-refractivity contribution in [3.63, 3.8) is 0 Å². The van der Waals surface area contributed by atoms with Crippen LogP contribution in [0.25, 0.3) is 6.08 Å². The molecule has 0 saturated carbocycles. The first-order chi connectivity index (χ1) is 8.16. The molecule has 0 amide bonds. The van der Waals surface area contributed by atoms with Crippen LogP contribution in [0.15, 0.2) is 47.1 Å². The van der Waals surface area contributed by atoms with Crippen LogP contribution < -0.4 is 0 Å². The van der Waals surface area contributed by atoms with E-state index in [9.17, 15) is 4.79 Å². The van der Waals surface area contributed by atoms with Gasteiger partial charge >= 0.3 is 0 Å². The molecule has 0 aliphatic carbocycles. The minimum Gasteiger partial charge on any atom is -0.465 e. The van der Waals surface area contributed by atoms with E-state index in [0.717, 1.165) is 16.7 Å². The summed E-state index contributed by atoms with van der Waals surface area (Å²) >= 11 is 0. The zero-order chi connectivity index (χ0) is 12.3. The largest absolute Gasteiger partial charge is 0.465 e.